The van der Waals surface area contributed by atoms with Crippen LogP contribution in [0.2, 0.25) is 0 Å². The number of fused-ring (bicyclic) bond motifs is 10. The third kappa shape index (κ3) is 16.7. The van der Waals surface area contributed by atoms with E-state index in [4.69, 9.17) is 56.8 Å². The predicted molar refractivity (Wildman–Crippen MR) is 432 cm³/mol. The predicted octanol–water partition coefficient (Wildman–Crippen LogP) is 18.2. The Morgan fingerprint density at radius 2 is 0.699 bits per heavy atom. The van der Waals surface area contributed by atoms with Gasteiger partial charge >= 0.3 is 0 Å². The van der Waals surface area contributed by atoms with Crippen molar-refractivity contribution in [3.63, 3.8) is 0 Å². The standard InChI is InChI=1S/C96H87N3O14/c1-98-93(100)83-81-75-49-47-73(104-55-66-33-15-4-16-34-66)51-77(75)97-85(81)86-82(84(83)94(98)101)76-50-48-74(105-56-67-35-17-5-18-36-67)52-78(76)99(86)95-91(109-60-71-43-25-9-26-44-71)90(108-59-70-41-23-8-24-42-70)88(80(111-95)63-103-54-65-31-13-3-14-32-65)113-96-92(110-61-72-45-27-10-28-46-72)89(107-58-69-39-21-7-22-40-69)87(106-57-68-37-19-6-20-38-68)79(112-96)62-102-53-64-29-11-2-12-30-64/h2-52,79-80,87-92,95-97H,53-63H2,1H3/t79-,80-,87-,88-,89+,90+,91-,92-,95-,96-/m1/s1. The summed E-state index contributed by atoms with van der Waals surface area (Å²) in [7, 11) is 1.54. The minimum Gasteiger partial charge on any atom is -0.489 e. The average molecular weight is 1510 g/mol. The topological polar surface area (TPSA) is 169 Å². The van der Waals surface area contributed by atoms with Gasteiger partial charge in [0.15, 0.2) is 12.5 Å². The quantitative estimate of drug-likeness (QED) is 0.0395. The first-order valence-electron chi connectivity index (χ1n) is 38.5. The van der Waals surface area contributed by atoms with Gasteiger partial charge < -0.3 is 66.4 Å². The van der Waals surface area contributed by atoms with Crippen LogP contribution in [0.5, 0.6) is 11.5 Å². The molecule has 5 heterocycles. The summed E-state index contributed by atoms with van der Waals surface area (Å²) in [6, 6.07) is 102. The van der Waals surface area contributed by atoms with Gasteiger partial charge in [0.05, 0.1) is 92.7 Å². The van der Waals surface area contributed by atoms with Crippen LogP contribution in [0.25, 0.3) is 43.6 Å². The maximum Gasteiger partial charge on any atom is 0.262 e. The van der Waals surface area contributed by atoms with Crippen molar-refractivity contribution in [3.05, 3.63) is 371 Å². The van der Waals surface area contributed by atoms with E-state index < -0.39 is 73.2 Å². The van der Waals surface area contributed by atoms with Crippen LogP contribution < -0.4 is 9.47 Å². The molecule has 14 aromatic rings. The first-order valence-corrected chi connectivity index (χ1v) is 38.5. The number of nitrogens with zero attached hydrogens (tertiary/aromatic N) is 2. The molecular formula is C96H87N3O14. The van der Waals surface area contributed by atoms with Gasteiger partial charge in [0.25, 0.3) is 11.8 Å². The minimum atomic E-state index is -1.28. The van der Waals surface area contributed by atoms with Crippen LogP contribution in [-0.2, 0) is 107 Å². The van der Waals surface area contributed by atoms with Gasteiger partial charge in [-0.2, -0.15) is 0 Å². The molecule has 17 rings (SSSR count). The summed E-state index contributed by atoms with van der Waals surface area (Å²) < 4.78 is 90.4. The second-order valence-electron chi connectivity index (χ2n) is 28.8. The molecule has 0 saturated carbocycles. The molecule has 1 N–H and O–H groups in total. The molecule has 0 radical (unpaired) electrons. The lowest BCUT2D eigenvalue weighted by Gasteiger charge is -2.50. The highest BCUT2D eigenvalue weighted by Gasteiger charge is 2.56. The molecular weight excluding hydrogens is 1420 g/mol. The van der Waals surface area contributed by atoms with Gasteiger partial charge in [-0.3, -0.25) is 14.5 Å². The summed E-state index contributed by atoms with van der Waals surface area (Å²) in [5.74, 6) is 0.236. The van der Waals surface area contributed by atoms with Gasteiger partial charge in [-0.15, -0.1) is 0 Å². The Morgan fingerprint density at radius 3 is 1.14 bits per heavy atom. The van der Waals surface area contributed by atoms with Gasteiger partial charge in [0, 0.05) is 40.7 Å². The number of aromatic nitrogens is 2. The van der Waals surface area contributed by atoms with Crippen LogP contribution in [0.15, 0.2) is 309 Å². The third-order valence-corrected chi connectivity index (χ3v) is 21.2. The number of rotatable bonds is 32. The Hall–Kier alpha value is -11.4. The molecule has 2 aromatic heterocycles. The molecule has 3 aliphatic rings. The fourth-order valence-corrected chi connectivity index (χ4v) is 15.6. The van der Waals surface area contributed by atoms with Crippen molar-refractivity contribution in [1.29, 1.82) is 0 Å². The van der Waals surface area contributed by atoms with E-state index in [9.17, 15) is 0 Å². The largest absolute Gasteiger partial charge is 0.489 e. The molecule has 3 aliphatic heterocycles. The smallest absolute Gasteiger partial charge is 0.262 e. The lowest BCUT2D eigenvalue weighted by molar-refractivity contribution is -0.367. The minimum absolute atomic E-state index is 0.0527. The molecule has 0 spiro atoms. The van der Waals surface area contributed by atoms with E-state index in [1.54, 1.807) is 0 Å². The Morgan fingerprint density at radius 1 is 0.345 bits per heavy atom. The maximum absolute atomic E-state index is 15.5. The summed E-state index contributed by atoms with van der Waals surface area (Å²) in [6.45, 7) is 1.69. The van der Waals surface area contributed by atoms with Crippen molar-refractivity contribution in [2.75, 3.05) is 20.3 Å². The van der Waals surface area contributed by atoms with E-state index in [0.29, 0.717) is 61.7 Å². The number of hydrogen-bond donors (Lipinski definition) is 1. The summed E-state index contributed by atoms with van der Waals surface area (Å²) >= 11 is 0. The van der Waals surface area contributed by atoms with Crippen molar-refractivity contribution in [1.82, 2.24) is 14.5 Å². The van der Waals surface area contributed by atoms with Gasteiger partial charge in [0.1, 0.15) is 73.5 Å². The highest BCUT2D eigenvalue weighted by atomic mass is 16.7. The van der Waals surface area contributed by atoms with E-state index >= 15 is 9.59 Å². The van der Waals surface area contributed by atoms with Crippen LogP contribution in [0.4, 0.5) is 0 Å². The number of aromatic amines is 1. The number of ether oxygens (including phenoxy) is 12. The van der Waals surface area contributed by atoms with E-state index in [1.807, 2.05) is 309 Å². The second-order valence-corrected chi connectivity index (χ2v) is 28.8. The SMILES string of the molecule is CN1C(=O)c2c(c3c4ccc(OCc5ccccc5)cc4n([C@@H]4O[C@H](COCc5ccccc5)[C@@H](O[C@H]5O[C@H](COCc6ccccc6)[C@@H](OCc6ccccc6)[C@H](OCc6ccccc6)[C@H]5OCc5ccccc5)[C@H](OCc5ccccc5)[C@H]4OCc4ccccc4)c3c3[nH]c4cc(OCc5ccccc5)ccc4c23)C1=O. The fourth-order valence-electron chi connectivity index (χ4n) is 15.6. The zero-order valence-electron chi connectivity index (χ0n) is 62.6. The third-order valence-electron chi connectivity index (χ3n) is 21.2. The molecule has 570 valence electrons. The second kappa shape index (κ2) is 35.1. The maximum atomic E-state index is 15.5. The van der Waals surface area contributed by atoms with Crippen molar-refractivity contribution in [2.45, 2.75) is 121 Å². The lowest BCUT2D eigenvalue weighted by Crippen LogP contribution is -2.65. The number of amides is 2. The number of benzene rings is 12. The van der Waals surface area contributed by atoms with Crippen LogP contribution in [0, 0.1) is 0 Å². The van der Waals surface area contributed by atoms with Gasteiger partial charge in [-0.1, -0.05) is 273 Å². The van der Waals surface area contributed by atoms with Crippen LogP contribution >= 0.6 is 0 Å². The molecule has 0 unspecified atom stereocenters. The number of H-pyrrole nitrogens is 1. The van der Waals surface area contributed by atoms with Crippen LogP contribution in [0.3, 0.4) is 0 Å². The van der Waals surface area contributed by atoms with Crippen molar-refractivity contribution < 1.29 is 66.4 Å². The molecule has 17 heteroatoms. The van der Waals surface area contributed by atoms with Crippen LogP contribution in [-0.4, -0.2) is 102 Å². The highest BCUT2D eigenvalue weighted by molar-refractivity contribution is 6.39. The van der Waals surface area contributed by atoms with Crippen LogP contribution in [0.1, 0.15) is 77.0 Å². The van der Waals surface area contributed by atoms with E-state index in [2.05, 4.69) is 9.55 Å². The summed E-state index contributed by atoms with van der Waals surface area (Å²) in [6.07, 6.45) is -10.5. The number of imide groups is 1. The first kappa shape index (κ1) is 74.3. The van der Waals surface area contributed by atoms with Gasteiger partial charge in [-0.05, 0) is 74.3 Å². The molecule has 2 amide bonds. The van der Waals surface area contributed by atoms with Gasteiger partial charge in [0.2, 0.25) is 0 Å². The van der Waals surface area contributed by atoms with E-state index in [0.717, 1.165) is 50.1 Å². The zero-order chi connectivity index (χ0) is 76.2. The number of hydrogen-bond acceptors (Lipinski definition) is 14. The normalized spacial score (nSPS) is 20.3. The Balaban J connectivity index is 0.873. The molecule has 0 bridgehead atoms. The van der Waals surface area contributed by atoms with Crippen molar-refractivity contribution >= 4 is 55.4 Å². The lowest BCUT2D eigenvalue weighted by atomic mass is 9.94. The Labute approximate surface area is 655 Å². The highest BCUT2D eigenvalue weighted by Crippen LogP contribution is 2.50. The average Bonchev–Trinajstić information content (AvgIpc) is 1.52. The zero-order valence-corrected chi connectivity index (χ0v) is 62.6. The first-order chi connectivity index (χ1) is 55.8. The summed E-state index contributed by atoms with van der Waals surface area (Å²) in [5, 5.41) is 2.43. The number of carbonyl (C=O) groups is 2. The summed E-state index contributed by atoms with van der Waals surface area (Å²) in [4.78, 5) is 35.8. The van der Waals surface area contributed by atoms with Crippen molar-refractivity contribution in [2.24, 2.45) is 0 Å². The summed E-state index contributed by atoms with van der Waals surface area (Å²) in [5.41, 5.74) is 11.3. The monoisotopic (exact) mass is 1510 g/mol. The Kier molecular flexibility index (Phi) is 23.1. The van der Waals surface area contributed by atoms with Crippen molar-refractivity contribution in [3.8, 4) is 11.5 Å². The molecule has 113 heavy (non-hydrogen) atoms. The molecule has 0 aliphatic carbocycles. The molecule has 2 fully saturated rings. The van der Waals surface area contributed by atoms with E-state index in [1.165, 1.54) is 11.9 Å². The molecule has 17 nitrogen and oxygen atoms in total. The molecule has 10 atom stereocenters. The molecule has 2 saturated heterocycles. The Bertz CT molecular complexity index is 5480. The fraction of sp³-hybridized carbons (Fsp3) is 0.229. The van der Waals surface area contributed by atoms with Gasteiger partial charge in [-0.25, -0.2) is 0 Å². The number of carbonyl (C=O) groups excluding carboxylic acids is 2. The molecule has 12 aromatic carbocycles. The number of nitrogens with one attached hydrogen (secondary N) is 1. The van der Waals surface area contributed by atoms with E-state index in [-0.39, 0.29) is 77.2 Å².